The van der Waals surface area contributed by atoms with Gasteiger partial charge in [-0.1, -0.05) is 115 Å². The Kier molecular flexibility index (Phi) is 27.1. The number of benzene rings is 4. The summed E-state index contributed by atoms with van der Waals surface area (Å²) in [6.07, 6.45) is 3.07. The van der Waals surface area contributed by atoms with Gasteiger partial charge in [-0.15, -0.1) is 0 Å². The monoisotopic (exact) mass is 1600 g/mol. The van der Waals surface area contributed by atoms with Gasteiger partial charge in [0, 0.05) is 22.9 Å². The van der Waals surface area contributed by atoms with Crippen molar-refractivity contribution in [3.8, 4) is 0 Å². The van der Waals surface area contributed by atoms with Crippen LogP contribution in [0, 0.1) is 36.5 Å². The highest BCUT2D eigenvalue weighted by Gasteiger charge is 2.48. The Morgan fingerprint density at radius 3 is 1.01 bits per heavy atom. The molecule has 5 aliphatic rings. The third-order valence-electron chi connectivity index (χ3n) is 18.4. The summed E-state index contributed by atoms with van der Waals surface area (Å²) < 4.78 is 144. The third kappa shape index (κ3) is 19.6. The molecule has 0 bridgehead atoms. The van der Waals surface area contributed by atoms with Gasteiger partial charge in [-0.3, -0.25) is 23.4 Å². The Morgan fingerprint density at radius 1 is 0.448 bits per heavy atom. The molecule has 5 fully saturated rings. The Morgan fingerprint density at radius 2 is 0.733 bits per heavy atom. The van der Waals surface area contributed by atoms with Crippen molar-refractivity contribution in [2.45, 2.75) is 225 Å². The molecule has 3 aromatic heterocycles. The summed E-state index contributed by atoms with van der Waals surface area (Å²) in [5.41, 5.74) is 1.93. The number of oxazole rings is 3. The molecule has 25 nitrogen and oxygen atoms in total. The van der Waals surface area contributed by atoms with E-state index in [9.17, 15) is 52.8 Å². The Bertz CT molecular complexity index is 4600. The maximum atomic E-state index is 13.1. The van der Waals surface area contributed by atoms with Crippen LogP contribution >= 0.6 is 34.8 Å². The summed E-state index contributed by atoms with van der Waals surface area (Å²) >= 11 is 18.6. The Labute approximate surface area is 628 Å². The van der Waals surface area contributed by atoms with Crippen LogP contribution in [0.4, 0.5) is 0 Å². The smallest absolute Gasteiger partial charge is 0.309 e. The van der Waals surface area contributed by atoms with Crippen molar-refractivity contribution >= 4 is 132 Å². The number of aliphatic hydroxyl groups is 2. The minimum absolute atomic E-state index is 0.0143. The van der Waals surface area contributed by atoms with E-state index in [1.54, 1.807) is 64.1 Å². The fourth-order valence-electron chi connectivity index (χ4n) is 11.8. The number of hydrogen-bond donors (Lipinski definition) is 2. The number of nitrogens with zero attached hydrogens (tertiary/aromatic N) is 3. The number of rotatable bonds is 18. The summed E-state index contributed by atoms with van der Waals surface area (Å²) in [5, 5.41) is 16.4. The number of ether oxygens (including phenoxy) is 4. The quantitative estimate of drug-likeness (QED) is 0.0458. The van der Waals surface area contributed by atoms with Crippen LogP contribution in [-0.4, -0.2) is 144 Å². The normalized spacial score (nSPS) is 22.4. The predicted octanol–water partition coefficient (Wildman–Crippen LogP) is 13.5. The lowest BCUT2D eigenvalue weighted by atomic mass is 9.83. The molecule has 0 amide bonds. The molecule has 12 rings (SSSR count). The molecule has 5 saturated carbocycles. The number of aliphatic hydroxyl groups excluding tert-OH is 2. The zero-order chi connectivity index (χ0) is 77.9. The van der Waals surface area contributed by atoms with E-state index < -0.39 is 61.5 Å². The van der Waals surface area contributed by atoms with Crippen molar-refractivity contribution < 1.29 is 99.4 Å². The van der Waals surface area contributed by atoms with Gasteiger partial charge < -0.3 is 42.4 Å². The van der Waals surface area contributed by atoms with Gasteiger partial charge in [0.25, 0.3) is 10.1 Å². The topological polar surface area (TPSA) is 370 Å². The number of fused-ring (bicyclic) bond motifs is 3. The second kappa shape index (κ2) is 33.7. The number of sulfone groups is 3. The number of carbonyl (C=O) groups excluding carboxylic acids is 4. The second-order valence-corrected chi connectivity index (χ2v) is 39.1. The molecule has 578 valence electrons. The number of hydrogen-bond acceptors (Lipinski definition) is 25. The van der Waals surface area contributed by atoms with E-state index in [0.717, 1.165) is 5.56 Å². The van der Waals surface area contributed by atoms with E-state index in [1.165, 1.54) is 24.3 Å². The van der Waals surface area contributed by atoms with E-state index in [1.807, 2.05) is 69.2 Å². The van der Waals surface area contributed by atoms with Crippen LogP contribution < -0.4 is 0 Å². The largest absolute Gasteiger partial charge is 0.466 e. The van der Waals surface area contributed by atoms with Gasteiger partial charge >= 0.3 is 23.9 Å². The summed E-state index contributed by atoms with van der Waals surface area (Å²) in [6.45, 7) is 27.7. The number of aromatic nitrogens is 3. The summed E-state index contributed by atoms with van der Waals surface area (Å²) in [6, 6.07) is 16.0. The molecule has 0 aliphatic heterocycles. The number of aryl methyl sites for hydroxylation is 1. The van der Waals surface area contributed by atoms with Crippen molar-refractivity contribution in [3.05, 3.63) is 99.0 Å². The molecule has 2 N–H and O–H groups in total. The number of esters is 4. The lowest BCUT2D eigenvalue weighted by molar-refractivity contribution is -0.155. The van der Waals surface area contributed by atoms with Crippen molar-refractivity contribution in [1.29, 1.82) is 0 Å². The van der Waals surface area contributed by atoms with Crippen LogP contribution in [0.1, 0.15) is 177 Å². The first kappa shape index (κ1) is 84.3. The third-order valence-corrected chi connectivity index (χ3v) is 27.8. The highest BCUT2D eigenvalue weighted by atomic mass is 35.5. The van der Waals surface area contributed by atoms with Gasteiger partial charge in [0.2, 0.25) is 17.7 Å². The Balaban J connectivity index is 0.000000170. The highest BCUT2D eigenvalue weighted by molar-refractivity contribution is 7.93. The summed E-state index contributed by atoms with van der Waals surface area (Å²) in [5.74, 6) is -0.749. The van der Waals surface area contributed by atoms with Crippen LogP contribution in [0.5, 0.6) is 0 Å². The van der Waals surface area contributed by atoms with Gasteiger partial charge in [0.05, 0.1) is 98.0 Å². The van der Waals surface area contributed by atoms with Crippen molar-refractivity contribution in [3.63, 3.8) is 0 Å². The van der Waals surface area contributed by atoms with Gasteiger partial charge in [-0.2, -0.15) is 8.42 Å². The van der Waals surface area contributed by atoms with Gasteiger partial charge in [-0.25, -0.2) is 40.2 Å². The highest BCUT2D eigenvalue weighted by Crippen LogP contribution is 2.46. The predicted molar refractivity (Wildman–Crippen MR) is 393 cm³/mol. The molecule has 0 saturated heterocycles. The first-order valence-corrected chi connectivity index (χ1v) is 42.0. The average Bonchev–Trinajstić information content (AvgIpc) is 1.74. The van der Waals surface area contributed by atoms with Crippen LogP contribution in [0.15, 0.2) is 93.5 Å². The zero-order valence-electron chi connectivity index (χ0n) is 61.3. The summed E-state index contributed by atoms with van der Waals surface area (Å²) in [7, 11) is -14.9. The SMILES string of the molecule is CC(C)(C)c1nc2ccc(Cl)c(S(=O)(=O)C3CC(CO)C3)c2o1.CCOC(=O)C1CC(O)C1.CCOC(=O)C1CC(OS(=O)(=O)c2ccc(C)cc2)C1.CCOC(=O)C1CC(S(=O)(=O)c2c(Cl)ccc3nc(C(C)(C)C)oc23)C1.CCOC(=O)C1CC(S(=O)(=O)c2c(Cl)ccc3nc(C(C)(C)C)oc23)C1. The van der Waals surface area contributed by atoms with Gasteiger partial charge in [-0.05, 0) is 153 Å². The minimum Gasteiger partial charge on any atom is -0.466 e. The van der Waals surface area contributed by atoms with Crippen molar-refractivity contribution in [2.75, 3.05) is 33.0 Å². The Hall–Kier alpha value is -6.28. The molecule has 0 unspecified atom stereocenters. The second-order valence-electron chi connectivity index (χ2n) is 29.8. The lowest BCUT2D eigenvalue weighted by Crippen LogP contribution is -2.40. The van der Waals surface area contributed by atoms with Crippen LogP contribution in [0.3, 0.4) is 0 Å². The van der Waals surface area contributed by atoms with Crippen LogP contribution in [-0.2, 0) is 98.2 Å². The maximum absolute atomic E-state index is 13.1. The molecular formula is C73H94Cl3N3O22S4. The fraction of sp³-hybridized carbons (Fsp3) is 0.575. The standard InChI is InChI=1S/2C18H22ClNO5S.C16H20ClNO4S.C14H18O5S.C7H12O3/c2*1-5-24-16(21)10-8-11(9-10)26(22,23)15-12(19)6-7-13-14(15)25-17(20-13)18(2,3)4;1-16(2,3)15-18-12-5-4-11(17)14(13(12)22-15)23(20,21)10-6-9(7-10)8-19;1-3-18-14(15)11-8-12(9-11)19-20(16,17)13-6-4-10(2)5-7-13;1-2-10-7(9)5-3-6(8)4-5/h2*6-7,10-11H,5,8-9H2,1-4H3;4-5,9-10,19H,6-8H2,1-3H3;4-7,11-12H,3,8-9H2,1-2H3;5-6,8H,2-4H2,1H3. The number of halogens is 3. The molecule has 0 radical (unpaired) electrons. The van der Waals surface area contributed by atoms with E-state index in [4.69, 9.17) is 81.4 Å². The maximum Gasteiger partial charge on any atom is 0.309 e. The molecular weight excluding hydrogens is 1510 g/mol. The molecule has 4 aromatic carbocycles. The molecule has 7 aromatic rings. The summed E-state index contributed by atoms with van der Waals surface area (Å²) in [4.78, 5) is 59.1. The number of carbonyl (C=O) groups is 4. The molecule has 3 heterocycles. The van der Waals surface area contributed by atoms with Crippen molar-refractivity contribution in [1.82, 2.24) is 15.0 Å². The zero-order valence-corrected chi connectivity index (χ0v) is 66.9. The average molecular weight is 1600 g/mol. The van der Waals surface area contributed by atoms with Gasteiger partial charge in [0.15, 0.2) is 46.3 Å². The van der Waals surface area contributed by atoms with Crippen molar-refractivity contribution in [2.24, 2.45) is 29.6 Å². The van der Waals surface area contributed by atoms with Gasteiger partial charge in [0.1, 0.15) is 31.2 Å². The molecule has 0 spiro atoms. The lowest BCUT2D eigenvalue weighted by Gasteiger charge is -2.33. The molecule has 105 heavy (non-hydrogen) atoms. The van der Waals surface area contributed by atoms with E-state index in [0.29, 0.717) is 86.0 Å². The first-order valence-electron chi connectivity index (χ1n) is 34.9. The first-order chi connectivity index (χ1) is 48.9. The van der Waals surface area contributed by atoms with Crippen LogP contribution in [0.25, 0.3) is 33.3 Å². The van der Waals surface area contributed by atoms with E-state index in [-0.39, 0.29) is 173 Å². The van der Waals surface area contributed by atoms with E-state index >= 15 is 0 Å². The minimum atomic E-state index is -3.75. The van der Waals surface area contributed by atoms with E-state index in [2.05, 4.69) is 15.0 Å². The molecule has 32 heteroatoms. The van der Waals surface area contributed by atoms with Crippen LogP contribution in [0.2, 0.25) is 15.1 Å². The molecule has 5 aliphatic carbocycles. The molecule has 0 atom stereocenters. The fourth-order valence-corrected chi connectivity index (χ4v) is 20.5.